The normalized spacial score (nSPS) is 15.7. The Morgan fingerprint density at radius 3 is 2.69 bits per heavy atom. The summed E-state index contributed by atoms with van der Waals surface area (Å²) < 4.78 is 0. The molecule has 0 saturated heterocycles. The van der Waals surface area contributed by atoms with Crippen molar-refractivity contribution in [2.24, 2.45) is 0 Å². The lowest BCUT2D eigenvalue weighted by molar-refractivity contribution is -0.422. The van der Waals surface area contributed by atoms with Gasteiger partial charge in [0.05, 0.1) is 4.92 Å². The molecule has 1 aliphatic rings. The molecule has 0 aliphatic heterocycles. The summed E-state index contributed by atoms with van der Waals surface area (Å²) in [5.41, 5.74) is 3.89. The van der Waals surface area contributed by atoms with Crippen molar-refractivity contribution in [2.75, 3.05) is 0 Å². The molecule has 0 atom stereocenters. The van der Waals surface area contributed by atoms with E-state index in [1.807, 2.05) is 6.07 Å². The van der Waals surface area contributed by atoms with Crippen molar-refractivity contribution in [1.82, 2.24) is 0 Å². The average molecular weight is 217 g/mol. The molecule has 0 aromatic heterocycles. The Labute approximate surface area is 94.9 Å². The van der Waals surface area contributed by atoms with E-state index in [1.54, 1.807) is 6.08 Å². The quantitative estimate of drug-likeness (QED) is 0.564. The Hall–Kier alpha value is -1.64. The minimum atomic E-state index is -0.348. The first-order chi connectivity index (χ1) is 7.66. The van der Waals surface area contributed by atoms with Gasteiger partial charge >= 0.3 is 0 Å². The Balaban J connectivity index is 2.30. The van der Waals surface area contributed by atoms with Gasteiger partial charge in [-0.05, 0) is 42.4 Å². The molecule has 3 nitrogen and oxygen atoms in total. The minimum absolute atomic E-state index is 0.191. The number of nitrogens with zero attached hydrogens (tertiary/aromatic N) is 1. The Morgan fingerprint density at radius 1 is 1.31 bits per heavy atom. The molecule has 1 aromatic rings. The molecule has 0 fully saturated rings. The van der Waals surface area contributed by atoms with Crippen molar-refractivity contribution in [3.63, 3.8) is 0 Å². The second-order valence-corrected chi connectivity index (χ2v) is 4.28. The van der Waals surface area contributed by atoms with Gasteiger partial charge in [-0.3, -0.25) is 10.1 Å². The lowest BCUT2D eigenvalue weighted by Gasteiger charge is -2.15. The predicted molar refractivity (Wildman–Crippen MR) is 63.7 cm³/mol. The highest BCUT2D eigenvalue weighted by molar-refractivity contribution is 5.53. The summed E-state index contributed by atoms with van der Waals surface area (Å²) in [4.78, 5) is 10.2. The summed E-state index contributed by atoms with van der Waals surface area (Å²) in [6, 6.07) is 6.16. The van der Waals surface area contributed by atoms with Crippen LogP contribution in [0, 0.1) is 10.1 Å². The van der Waals surface area contributed by atoms with Crippen LogP contribution in [0.1, 0.15) is 36.5 Å². The number of fused-ring (bicyclic) bond motifs is 1. The van der Waals surface area contributed by atoms with E-state index in [0.717, 1.165) is 18.4 Å². The van der Waals surface area contributed by atoms with E-state index >= 15 is 0 Å². The third kappa shape index (κ3) is 2.30. The highest BCUT2D eigenvalue weighted by atomic mass is 16.6. The van der Waals surface area contributed by atoms with Gasteiger partial charge in [0.25, 0.3) is 0 Å². The van der Waals surface area contributed by atoms with Crippen molar-refractivity contribution < 1.29 is 4.92 Å². The van der Waals surface area contributed by atoms with Gasteiger partial charge in [0.1, 0.15) is 0 Å². The van der Waals surface area contributed by atoms with Gasteiger partial charge in [-0.2, -0.15) is 0 Å². The average Bonchev–Trinajstić information content (AvgIpc) is 2.28. The summed E-state index contributed by atoms with van der Waals surface area (Å²) in [6.45, 7) is 1.53. The number of aryl methyl sites for hydroxylation is 2. The molecular weight excluding hydrogens is 202 g/mol. The number of hydrogen-bond acceptors (Lipinski definition) is 2. The number of nitro groups is 1. The Bertz CT molecular complexity index is 449. The highest BCUT2D eigenvalue weighted by Crippen LogP contribution is 2.23. The van der Waals surface area contributed by atoms with Gasteiger partial charge in [-0.1, -0.05) is 18.2 Å². The zero-order valence-electron chi connectivity index (χ0n) is 9.40. The molecule has 0 amide bonds. The number of benzene rings is 1. The molecule has 1 aliphatic carbocycles. The fourth-order valence-corrected chi connectivity index (χ4v) is 2.14. The molecule has 0 saturated carbocycles. The molecule has 1 aromatic carbocycles. The third-order valence-electron chi connectivity index (χ3n) is 3.04. The van der Waals surface area contributed by atoms with E-state index in [2.05, 4.69) is 12.1 Å². The molecule has 84 valence electrons. The molecule has 3 heteroatoms. The SMILES string of the molecule is C/C(=C\c1ccc2c(c1)CCCC2)[N+](=O)[O-]. The molecule has 0 N–H and O–H groups in total. The number of rotatable bonds is 2. The van der Waals surface area contributed by atoms with E-state index < -0.39 is 0 Å². The largest absolute Gasteiger partial charge is 0.259 e. The summed E-state index contributed by atoms with van der Waals surface area (Å²) in [7, 11) is 0. The molecule has 0 unspecified atom stereocenters. The first-order valence-corrected chi connectivity index (χ1v) is 5.61. The standard InChI is InChI=1S/C13H15NO2/c1-10(14(15)16)8-11-6-7-12-4-2-3-5-13(12)9-11/h6-9H,2-5H2,1H3/b10-8+. The summed E-state index contributed by atoms with van der Waals surface area (Å²) in [5.74, 6) is 0. The van der Waals surface area contributed by atoms with Gasteiger partial charge in [0.15, 0.2) is 0 Å². The first-order valence-electron chi connectivity index (χ1n) is 5.61. The highest BCUT2D eigenvalue weighted by Gasteiger charge is 2.09. The number of hydrogen-bond donors (Lipinski definition) is 0. The zero-order chi connectivity index (χ0) is 11.5. The van der Waals surface area contributed by atoms with Gasteiger partial charge in [0.2, 0.25) is 5.70 Å². The van der Waals surface area contributed by atoms with Gasteiger partial charge in [0, 0.05) is 13.0 Å². The van der Waals surface area contributed by atoms with Crippen molar-refractivity contribution in [3.8, 4) is 0 Å². The van der Waals surface area contributed by atoms with Crippen LogP contribution in [0.5, 0.6) is 0 Å². The second-order valence-electron chi connectivity index (χ2n) is 4.28. The molecule has 0 bridgehead atoms. The van der Waals surface area contributed by atoms with E-state index in [9.17, 15) is 10.1 Å². The van der Waals surface area contributed by atoms with Crippen LogP contribution in [0.3, 0.4) is 0 Å². The summed E-state index contributed by atoms with van der Waals surface area (Å²) in [6.07, 6.45) is 6.38. The van der Waals surface area contributed by atoms with Gasteiger partial charge in [-0.25, -0.2) is 0 Å². The van der Waals surface area contributed by atoms with E-state index in [0.29, 0.717) is 0 Å². The van der Waals surface area contributed by atoms with Crippen molar-refractivity contribution in [3.05, 3.63) is 50.7 Å². The molecule has 2 rings (SSSR count). The zero-order valence-corrected chi connectivity index (χ0v) is 9.40. The van der Waals surface area contributed by atoms with Gasteiger partial charge in [-0.15, -0.1) is 0 Å². The lowest BCUT2D eigenvalue weighted by atomic mass is 9.90. The minimum Gasteiger partial charge on any atom is -0.259 e. The predicted octanol–water partition coefficient (Wildman–Crippen LogP) is 3.20. The molecule has 0 heterocycles. The smallest absolute Gasteiger partial charge is 0.243 e. The molecular formula is C13H15NO2. The maximum atomic E-state index is 10.5. The Morgan fingerprint density at radius 2 is 2.00 bits per heavy atom. The van der Waals surface area contributed by atoms with E-state index in [4.69, 9.17) is 0 Å². The van der Waals surface area contributed by atoms with Crippen LogP contribution in [0.25, 0.3) is 6.08 Å². The van der Waals surface area contributed by atoms with Crippen LogP contribution in [-0.4, -0.2) is 4.92 Å². The van der Waals surface area contributed by atoms with Crippen LogP contribution < -0.4 is 0 Å². The fourth-order valence-electron chi connectivity index (χ4n) is 2.14. The summed E-state index contributed by atoms with van der Waals surface area (Å²) >= 11 is 0. The van der Waals surface area contributed by atoms with Crippen LogP contribution in [0.15, 0.2) is 23.9 Å². The topological polar surface area (TPSA) is 43.1 Å². The van der Waals surface area contributed by atoms with Crippen LogP contribution in [0.2, 0.25) is 0 Å². The lowest BCUT2D eigenvalue weighted by Crippen LogP contribution is -2.02. The second kappa shape index (κ2) is 4.47. The maximum Gasteiger partial charge on any atom is 0.243 e. The van der Waals surface area contributed by atoms with Crippen molar-refractivity contribution >= 4 is 6.08 Å². The van der Waals surface area contributed by atoms with Gasteiger partial charge < -0.3 is 0 Å². The first kappa shape index (κ1) is 10.9. The molecule has 0 spiro atoms. The fraction of sp³-hybridized carbons (Fsp3) is 0.385. The van der Waals surface area contributed by atoms with Crippen molar-refractivity contribution in [2.45, 2.75) is 32.6 Å². The number of allylic oxidation sites excluding steroid dienone is 1. The monoisotopic (exact) mass is 217 g/mol. The van der Waals surface area contributed by atoms with Crippen molar-refractivity contribution in [1.29, 1.82) is 0 Å². The Kier molecular flexibility index (Phi) is 3.04. The third-order valence-corrected chi connectivity index (χ3v) is 3.04. The molecule has 16 heavy (non-hydrogen) atoms. The van der Waals surface area contributed by atoms with Crippen LogP contribution in [0.4, 0.5) is 0 Å². The van der Waals surface area contributed by atoms with Crippen LogP contribution >= 0.6 is 0 Å². The summed E-state index contributed by atoms with van der Waals surface area (Å²) in [5, 5.41) is 10.5. The van der Waals surface area contributed by atoms with E-state index in [1.165, 1.54) is 30.9 Å². The molecule has 0 radical (unpaired) electrons. The van der Waals surface area contributed by atoms with Crippen LogP contribution in [-0.2, 0) is 12.8 Å². The maximum absolute atomic E-state index is 10.5. The van der Waals surface area contributed by atoms with E-state index in [-0.39, 0.29) is 10.6 Å².